The number of carbonyl (C=O) groups is 1. The summed E-state index contributed by atoms with van der Waals surface area (Å²) in [7, 11) is 2.90. The highest BCUT2D eigenvalue weighted by Gasteiger charge is 2.14. The van der Waals surface area contributed by atoms with Crippen molar-refractivity contribution >= 4 is 41.8 Å². The van der Waals surface area contributed by atoms with E-state index < -0.39 is 11.2 Å². The molecule has 0 bridgehead atoms. The molecule has 0 aromatic carbocycles. The van der Waals surface area contributed by atoms with E-state index in [1.807, 2.05) is 0 Å². The molecule has 0 radical (unpaired) electrons. The van der Waals surface area contributed by atoms with Crippen LogP contribution >= 0.6 is 24.8 Å². The van der Waals surface area contributed by atoms with E-state index in [1.165, 1.54) is 30.9 Å². The van der Waals surface area contributed by atoms with Crippen molar-refractivity contribution in [2.75, 3.05) is 6.54 Å². The Morgan fingerprint density at radius 2 is 1.91 bits per heavy atom. The lowest BCUT2D eigenvalue weighted by molar-refractivity contribution is 0.0941. The molecular formula is C13H19Cl2N5O3. The van der Waals surface area contributed by atoms with Gasteiger partial charge in [0.2, 0.25) is 0 Å². The number of hydrogen-bond acceptors (Lipinski definition) is 5. The summed E-state index contributed by atoms with van der Waals surface area (Å²) in [5.41, 5.74) is 4.99. The Morgan fingerprint density at radius 3 is 2.48 bits per heavy atom. The van der Waals surface area contributed by atoms with Crippen molar-refractivity contribution in [2.24, 2.45) is 19.8 Å². The van der Waals surface area contributed by atoms with E-state index in [1.54, 1.807) is 6.92 Å². The van der Waals surface area contributed by atoms with Gasteiger partial charge in [-0.3, -0.25) is 18.7 Å². The zero-order valence-corrected chi connectivity index (χ0v) is 14.5. The molecule has 23 heavy (non-hydrogen) atoms. The van der Waals surface area contributed by atoms with Crippen molar-refractivity contribution in [3.05, 3.63) is 38.7 Å². The molecule has 10 heteroatoms. The number of aromatic nitrogens is 3. The highest BCUT2D eigenvalue weighted by atomic mass is 35.5. The van der Waals surface area contributed by atoms with Gasteiger partial charge in [0.25, 0.3) is 11.5 Å². The number of nitrogens with zero attached hydrogens (tertiary/aromatic N) is 3. The molecule has 2 heterocycles. The van der Waals surface area contributed by atoms with Gasteiger partial charge in [-0.1, -0.05) is 0 Å². The zero-order valence-electron chi connectivity index (χ0n) is 12.9. The summed E-state index contributed by atoms with van der Waals surface area (Å²) in [6.45, 7) is 2.08. The van der Waals surface area contributed by atoms with Gasteiger partial charge in [0.05, 0.1) is 10.9 Å². The van der Waals surface area contributed by atoms with Crippen LogP contribution in [-0.4, -0.2) is 32.6 Å². The number of nitrogens with two attached hydrogens (primary N) is 1. The van der Waals surface area contributed by atoms with Gasteiger partial charge in [0, 0.05) is 32.9 Å². The lowest BCUT2D eigenvalue weighted by Gasteiger charge is -2.12. The molecule has 0 spiro atoms. The molecule has 2 aromatic rings. The number of nitrogens with one attached hydrogen (secondary N) is 1. The summed E-state index contributed by atoms with van der Waals surface area (Å²) in [6.07, 6.45) is 1.33. The number of amides is 1. The summed E-state index contributed by atoms with van der Waals surface area (Å²) in [5, 5.41) is 2.90. The summed E-state index contributed by atoms with van der Waals surface area (Å²) in [6, 6.07) is 1.25. The van der Waals surface area contributed by atoms with Crippen LogP contribution in [-0.2, 0) is 14.1 Å². The first-order valence-corrected chi connectivity index (χ1v) is 6.43. The second-order valence-electron chi connectivity index (χ2n) is 4.91. The van der Waals surface area contributed by atoms with Crippen molar-refractivity contribution in [3.8, 4) is 0 Å². The first kappa shape index (κ1) is 21.1. The molecular weight excluding hydrogens is 345 g/mol. The van der Waals surface area contributed by atoms with E-state index >= 15 is 0 Å². The monoisotopic (exact) mass is 363 g/mol. The maximum Gasteiger partial charge on any atom is 0.332 e. The van der Waals surface area contributed by atoms with Gasteiger partial charge in [-0.05, 0) is 13.0 Å². The molecule has 0 saturated heterocycles. The van der Waals surface area contributed by atoms with Crippen molar-refractivity contribution < 1.29 is 4.79 Å². The molecule has 0 aliphatic carbocycles. The van der Waals surface area contributed by atoms with Crippen LogP contribution in [0.1, 0.15) is 17.3 Å². The molecule has 3 N–H and O–H groups in total. The largest absolute Gasteiger partial charge is 0.348 e. The SMILES string of the molecule is C[C@@H](CN)NC(=O)c1cnc2c(c1)c(=O)n(C)c(=O)n2C.Cl.Cl. The summed E-state index contributed by atoms with van der Waals surface area (Å²) < 4.78 is 2.25. The Labute approximate surface area is 144 Å². The fourth-order valence-corrected chi connectivity index (χ4v) is 1.96. The van der Waals surface area contributed by atoms with E-state index in [0.717, 1.165) is 4.57 Å². The number of carbonyl (C=O) groups excluding carboxylic acids is 1. The number of pyridine rings is 1. The third-order valence-corrected chi connectivity index (χ3v) is 3.29. The quantitative estimate of drug-likeness (QED) is 0.766. The number of hydrogen-bond donors (Lipinski definition) is 2. The van der Waals surface area contributed by atoms with E-state index in [-0.39, 0.29) is 53.4 Å². The molecule has 128 valence electrons. The van der Waals surface area contributed by atoms with Crippen LogP contribution in [0, 0.1) is 0 Å². The second kappa shape index (κ2) is 8.09. The number of halogens is 2. The highest BCUT2D eigenvalue weighted by Crippen LogP contribution is 2.07. The fourth-order valence-electron chi connectivity index (χ4n) is 1.96. The van der Waals surface area contributed by atoms with Crippen LogP contribution in [0.25, 0.3) is 11.0 Å². The smallest absolute Gasteiger partial charge is 0.332 e. The van der Waals surface area contributed by atoms with Crippen LogP contribution in [0.4, 0.5) is 0 Å². The van der Waals surface area contributed by atoms with Gasteiger partial charge in [0.1, 0.15) is 5.65 Å². The molecule has 0 fully saturated rings. The minimum absolute atomic E-state index is 0. The molecule has 2 aromatic heterocycles. The normalized spacial score (nSPS) is 11.3. The van der Waals surface area contributed by atoms with Gasteiger partial charge in [-0.15, -0.1) is 24.8 Å². The van der Waals surface area contributed by atoms with Crippen molar-refractivity contribution in [2.45, 2.75) is 13.0 Å². The van der Waals surface area contributed by atoms with Crippen molar-refractivity contribution in [1.29, 1.82) is 0 Å². The molecule has 2 rings (SSSR count). The molecule has 1 atom stereocenters. The van der Waals surface area contributed by atoms with Gasteiger partial charge in [-0.2, -0.15) is 0 Å². The van der Waals surface area contributed by atoms with E-state index in [2.05, 4.69) is 10.3 Å². The third kappa shape index (κ3) is 3.90. The topological polar surface area (TPSA) is 112 Å². The predicted molar refractivity (Wildman–Crippen MR) is 92.7 cm³/mol. The van der Waals surface area contributed by atoms with Gasteiger partial charge in [0.15, 0.2) is 0 Å². The minimum Gasteiger partial charge on any atom is -0.348 e. The lowest BCUT2D eigenvalue weighted by atomic mass is 10.2. The van der Waals surface area contributed by atoms with Crippen LogP contribution in [0.15, 0.2) is 21.9 Å². The summed E-state index contributed by atoms with van der Waals surface area (Å²) >= 11 is 0. The molecule has 0 unspecified atom stereocenters. The van der Waals surface area contributed by atoms with Crippen LogP contribution in [0.2, 0.25) is 0 Å². The maximum atomic E-state index is 12.1. The number of rotatable bonds is 3. The molecule has 0 aliphatic heterocycles. The van der Waals surface area contributed by atoms with Crippen molar-refractivity contribution in [1.82, 2.24) is 19.4 Å². The molecule has 0 aliphatic rings. The van der Waals surface area contributed by atoms with Crippen LogP contribution in [0.3, 0.4) is 0 Å². The van der Waals surface area contributed by atoms with Crippen LogP contribution < -0.4 is 22.3 Å². The third-order valence-electron chi connectivity index (χ3n) is 3.29. The first-order valence-electron chi connectivity index (χ1n) is 6.43. The Bertz CT molecular complexity index is 831. The number of fused-ring (bicyclic) bond motifs is 1. The highest BCUT2D eigenvalue weighted by molar-refractivity contribution is 5.96. The average Bonchev–Trinajstić information content (AvgIpc) is 2.49. The summed E-state index contributed by atoms with van der Waals surface area (Å²) in [4.78, 5) is 40.0. The van der Waals surface area contributed by atoms with Gasteiger partial charge in [-0.25, -0.2) is 9.78 Å². The Kier molecular flexibility index (Phi) is 7.42. The van der Waals surface area contributed by atoms with E-state index in [0.29, 0.717) is 6.54 Å². The molecule has 8 nitrogen and oxygen atoms in total. The maximum absolute atomic E-state index is 12.1. The van der Waals surface area contributed by atoms with Crippen LogP contribution in [0.5, 0.6) is 0 Å². The molecule has 0 saturated carbocycles. The standard InChI is InChI=1S/C13H17N5O3.2ClH/c1-7(5-14)16-11(19)8-4-9-10(15-6-8)17(2)13(21)18(3)12(9)20;;/h4,6-7H,5,14H2,1-3H3,(H,16,19);2*1H/t7-;;/m0../s1. The van der Waals surface area contributed by atoms with Gasteiger partial charge >= 0.3 is 5.69 Å². The van der Waals surface area contributed by atoms with Crippen molar-refractivity contribution in [3.63, 3.8) is 0 Å². The number of aryl methyl sites for hydroxylation is 1. The fraction of sp³-hybridized carbons (Fsp3) is 0.385. The summed E-state index contributed by atoms with van der Waals surface area (Å²) in [5.74, 6) is -0.363. The van der Waals surface area contributed by atoms with E-state index in [4.69, 9.17) is 5.73 Å². The van der Waals surface area contributed by atoms with E-state index in [9.17, 15) is 14.4 Å². The predicted octanol–water partition coefficient (Wildman–Crippen LogP) is -0.447. The second-order valence-corrected chi connectivity index (χ2v) is 4.91. The first-order chi connectivity index (χ1) is 9.86. The Morgan fingerprint density at radius 1 is 1.30 bits per heavy atom. The van der Waals surface area contributed by atoms with Gasteiger partial charge < -0.3 is 11.1 Å². The average molecular weight is 364 g/mol. The lowest BCUT2D eigenvalue weighted by Crippen LogP contribution is -2.39. The Hall–Kier alpha value is -1.90. The minimum atomic E-state index is -0.484. The molecule has 1 amide bonds. The Balaban J connectivity index is 0.00000242. The zero-order chi connectivity index (χ0) is 15.7.